The zero-order chi connectivity index (χ0) is 12.5. The number of benzene rings is 2. The van der Waals surface area contributed by atoms with Gasteiger partial charge in [-0.25, -0.2) is 8.42 Å². The van der Waals surface area contributed by atoms with Crippen molar-refractivity contribution in [3.8, 4) is 11.1 Å². The number of hydrogen-bond donors (Lipinski definition) is 0. The summed E-state index contributed by atoms with van der Waals surface area (Å²) in [5, 5.41) is 0. The lowest BCUT2D eigenvalue weighted by Crippen LogP contribution is -1.96. The normalized spacial score (nSPS) is 11.4. The molecule has 2 aromatic carbocycles. The molecule has 0 saturated carbocycles. The summed E-state index contributed by atoms with van der Waals surface area (Å²) >= 11 is 3.40. The monoisotopic (exact) mass is 310 g/mol. The first-order valence-electron chi connectivity index (χ1n) is 5.03. The minimum Gasteiger partial charge on any atom is -0.224 e. The highest BCUT2D eigenvalue weighted by atomic mass is 79.9. The van der Waals surface area contributed by atoms with Crippen LogP contribution < -0.4 is 0 Å². The molecule has 2 rings (SSSR count). The molecule has 0 unspecified atom stereocenters. The molecule has 0 aliphatic carbocycles. The highest BCUT2D eigenvalue weighted by Crippen LogP contribution is 2.25. The topological polar surface area (TPSA) is 34.1 Å². The highest BCUT2D eigenvalue weighted by molar-refractivity contribution is 9.10. The quantitative estimate of drug-likeness (QED) is 0.850. The van der Waals surface area contributed by atoms with Gasteiger partial charge in [-0.3, -0.25) is 0 Å². The third kappa shape index (κ3) is 2.96. The van der Waals surface area contributed by atoms with Crippen LogP contribution in [0.2, 0.25) is 0 Å². The van der Waals surface area contributed by atoms with Crippen molar-refractivity contribution in [1.82, 2.24) is 0 Å². The van der Waals surface area contributed by atoms with Crippen molar-refractivity contribution in [2.75, 3.05) is 6.26 Å². The molecular formula is C13H11BrO2S. The fourth-order valence-corrected chi connectivity index (χ4v) is 2.64. The fraction of sp³-hybridized carbons (Fsp3) is 0.0769. The van der Waals surface area contributed by atoms with Crippen LogP contribution in [0.3, 0.4) is 0 Å². The average molecular weight is 311 g/mol. The summed E-state index contributed by atoms with van der Waals surface area (Å²) in [6, 6.07) is 14.7. The van der Waals surface area contributed by atoms with Gasteiger partial charge in [-0.05, 0) is 35.4 Å². The molecule has 0 atom stereocenters. The lowest BCUT2D eigenvalue weighted by molar-refractivity contribution is 0.602. The van der Waals surface area contributed by atoms with E-state index < -0.39 is 9.84 Å². The SMILES string of the molecule is CS(=O)(=O)c1cccc(-c2cccc(Br)c2)c1. The number of rotatable bonds is 2. The molecule has 17 heavy (non-hydrogen) atoms. The van der Waals surface area contributed by atoms with Crippen LogP contribution in [0.4, 0.5) is 0 Å². The van der Waals surface area contributed by atoms with Crippen LogP contribution in [0, 0.1) is 0 Å². The molecule has 4 heteroatoms. The van der Waals surface area contributed by atoms with Crippen molar-refractivity contribution in [2.24, 2.45) is 0 Å². The minimum absolute atomic E-state index is 0.343. The molecule has 0 radical (unpaired) electrons. The second-order valence-corrected chi connectivity index (χ2v) is 6.74. The Labute approximate surface area is 109 Å². The molecule has 0 aromatic heterocycles. The first-order valence-corrected chi connectivity index (χ1v) is 7.71. The first-order chi connectivity index (χ1) is 7.97. The maximum Gasteiger partial charge on any atom is 0.175 e. The van der Waals surface area contributed by atoms with Gasteiger partial charge in [0.1, 0.15) is 0 Å². The Kier molecular flexibility index (Phi) is 3.35. The van der Waals surface area contributed by atoms with Gasteiger partial charge in [-0.1, -0.05) is 40.2 Å². The third-order valence-corrected chi connectivity index (χ3v) is 4.02. The zero-order valence-electron chi connectivity index (χ0n) is 9.22. The zero-order valence-corrected chi connectivity index (χ0v) is 11.6. The van der Waals surface area contributed by atoms with Crippen LogP contribution in [0.25, 0.3) is 11.1 Å². The van der Waals surface area contributed by atoms with Gasteiger partial charge in [-0.15, -0.1) is 0 Å². The molecule has 0 N–H and O–H groups in total. The fourth-order valence-electron chi connectivity index (χ4n) is 1.57. The molecule has 88 valence electrons. The second kappa shape index (κ2) is 4.63. The Hall–Kier alpha value is -1.13. The lowest BCUT2D eigenvalue weighted by atomic mass is 10.1. The minimum atomic E-state index is -3.16. The van der Waals surface area contributed by atoms with E-state index in [0.29, 0.717) is 4.90 Å². The van der Waals surface area contributed by atoms with Crippen molar-refractivity contribution < 1.29 is 8.42 Å². The van der Waals surface area contributed by atoms with Crippen LogP contribution in [-0.2, 0) is 9.84 Å². The predicted molar refractivity (Wildman–Crippen MR) is 72.7 cm³/mol. The summed E-state index contributed by atoms with van der Waals surface area (Å²) in [6.45, 7) is 0. The van der Waals surface area contributed by atoms with Crippen molar-refractivity contribution in [1.29, 1.82) is 0 Å². The lowest BCUT2D eigenvalue weighted by Gasteiger charge is -2.04. The van der Waals surface area contributed by atoms with Crippen molar-refractivity contribution in [3.05, 3.63) is 53.0 Å². The molecule has 0 aliphatic rings. The Morgan fingerprint density at radius 1 is 0.941 bits per heavy atom. The Morgan fingerprint density at radius 3 is 2.12 bits per heavy atom. The molecular weight excluding hydrogens is 300 g/mol. The molecule has 0 heterocycles. The Morgan fingerprint density at radius 2 is 1.53 bits per heavy atom. The average Bonchev–Trinajstić information content (AvgIpc) is 2.28. The summed E-state index contributed by atoms with van der Waals surface area (Å²) in [5.41, 5.74) is 1.89. The van der Waals surface area contributed by atoms with Crippen molar-refractivity contribution in [2.45, 2.75) is 4.90 Å². The maximum absolute atomic E-state index is 11.5. The molecule has 0 saturated heterocycles. The van der Waals surface area contributed by atoms with E-state index in [-0.39, 0.29) is 0 Å². The molecule has 0 bridgehead atoms. The van der Waals surface area contributed by atoms with Crippen molar-refractivity contribution >= 4 is 25.8 Å². The van der Waals surface area contributed by atoms with Gasteiger partial charge in [0, 0.05) is 10.7 Å². The summed E-state index contributed by atoms with van der Waals surface area (Å²) in [4.78, 5) is 0.343. The summed E-state index contributed by atoms with van der Waals surface area (Å²) in [5.74, 6) is 0. The smallest absolute Gasteiger partial charge is 0.175 e. The number of sulfone groups is 1. The highest BCUT2D eigenvalue weighted by Gasteiger charge is 2.08. The third-order valence-electron chi connectivity index (χ3n) is 2.42. The van der Waals surface area contributed by atoms with Gasteiger partial charge >= 0.3 is 0 Å². The van der Waals surface area contributed by atoms with Crippen LogP contribution in [0.1, 0.15) is 0 Å². The van der Waals surface area contributed by atoms with E-state index in [9.17, 15) is 8.42 Å². The largest absolute Gasteiger partial charge is 0.224 e. The Bertz CT molecular complexity index is 648. The molecule has 0 spiro atoms. The van der Waals surface area contributed by atoms with Crippen LogP contribution in [0.15, 0.2) is 57.9 Å². The maximum atomic E-state index is 11.5. The summed E-state index contributed by atoms with van der Waals surface area (Å²) in [6.07, 6.45) is 1.22. The molecule has 0 fully saturated rings. The van der Waals surface area contributed by atoms with Gasteiger partial charge in [0.25, 0.3) is 0 Å². The van der Waals surface area contributed by atoms with Crippen LogP contribution in [0.5, 0.6) is 0 Å². The molecule has 2 nitrogen and oxygen atoms in total. The van der Waals surface area contributed by atoms with Gasteiger partial charge < -0.3 is 0 Å². The van der Waals surface area contributed by atoms with E-state index in [2.05, 4.69) is 15.9 Å². The summed E-state index contributed by atoms with van der Waals surface area (Å²) in [7, 11) is -3.16. The first kappa shape index (κ1) is 12.3. The van der Waals surface area contributed by atoms with Crippen molar-refractivity contribution in [3.63, 3.8) is 0 Å². The van der Waals surface area contributed by atoms with Gasteiger partial charge in [0.15, 0.2) is 9.84 Å². The van der Waals surface area contributed by atoms with Crippen LogP contribution >= 0.6 is 15.9 Å². The van der Waals surface area contributed by atoms with E-state index in [1.54, 1.807) is 18.2 Å². The molecule has 0 amide bonds. The summed E-state index contributed by atoms with van der Waals surface area (Å²) < 4.78 is 23.9. The Balaban J connectivity index is 2.54. The molecule has 0 aliphatic heterocycles. The predicted octanol–water partition coefficient (Wildman–Crippen LogP) is 3.52. The second-order valence-electron chi connectivity index (χ2n) is 3.81. The van der Waals surface area contributed by atoms with E-state index in [0.717, 1.165) is 15.6 Å². The van der Waals surface area contributed by atoms with Crippen LogP contribution in [-0.4, -0.2) is 14.7 Å². The van der Waals surface area contributed by atoms with Gasteiger partial charge in [0.05, 0.1) is 4.90 Å². The van der Waals surface area contributed by atoms with Gasteiger partial charge in [0.2, 0.25) is 0 Å². The van der Waals surface area contributed by atoms with E-state index >= 15 is 0 Å². The van der Waals surface area contributed by atoms with E-state index in [1.165, 1.54) is 6.26 Å². The molecule has 2 aromatic rings. The number of halogens is 1. The van der Waals surface area contributed by atoms with E-state index in [1.807, 2.05) is 30.3 Å². The standard InChI is InChI=1S/C13H11BrO2S/c1-17(15,16)13-7-3-5-11(9-13)10-4-2-6-12(14)8-10/h2-9H,1H3. The number of hydrogen-bond acceptors (Lipinski definition) is 2. The van der Waals surface area contributed by atoms with Gasteiger partial charge in [-0.2, -0.15) is 0 Å². The van der Waals surface area contributed by atoms with E-state index in [4.69, 9.17) is 0 Å².